The van der Waals surface area contributed by atoms with Gasteiger partial charge >= 0.3 is 0 Å². The van der Waals surface area contributed by atoms with Crippen LogP contribution in [0, 0.1) is 20.8 Å². The topological polar surface area (TPSA) is 76.9 Å². The van der Waals surface area contributed by atoms with Crippen molar-refractivity contribution in [3.8, 4) is 11.1 Å². The van der Waals surface area contributed by atoms with Gasteiger partial charge in [-0.15, -0.1) is 22.7 Å². The summed E-state index contributed by atoms with van der Waals surface area (Å²) in [6.07, 6.45) is 0. The third-order valence-corrected chi connectivity index (χ3v) is 7.57. The third-order valence-electron chi connectivity index (χ3n) is 4.79. The number of fused-ring (bicyclic) bond motifs is 1. The molecule has 0 saturated carbocycles. The number of thiophene rings is 1. The number of hydrogen-bond acceptors (Lipinski definition) is 7. The number of thioether (sulfide) groups is 1. The van der Waals surface area contributed by atoms with Crippen molar-refractivity contribution in [2.75, 3.05) is 11.1 Å². The summed E-state index contributed by atoms with van der Waals surface area (Å²) >= 11 is 4.08. The SMILES string of the molecule is Cc1csc(NC(=O)CSc2nc3scc(-c4ccc(C)c(C)c4)c3c(=O)n2C)n1. The molecule has 0 fully saturated rings. The van der Waals surface area contributed by atoms with E-state index >= 15 is 0 Å². The van der Waals surface area contributed by atoms with Gasteiger partial charge in [-0.3, -0.25) is 14.2 Å². The number of carbonyl (C=O) groups excluding carboxylic acids is 1. The van der Waals surface area contributed by atoms with Crippen molar-refractivity contribution in [2.24, 2.45) is 7.05 Å². The van der Waals surface area contributed by atoms with Crippen LogP contribution in [-0.4, -0.2) is 26.2 Å². The molecule has 4 rings (SSSR count). The average Bonchev–Trinajstić information content (AvgIpc) is 3.31. The monoisotopic (exact) mass is 456 g/mol. The van der Waals surface area contributed by atoms with Crippen LogP contribution < -0.4 is 10.9 Å². The highest BCUT2D eigenvalue weighted by Crippen LogP contribution is 2.33. The second kappa shape index (κ2) is 8.33. The van der Waals surface area contributed by atoms with Crippen LogP contribution in [-0.2, 0) is 11.8 Å². The lowest BCUT2D eigenvalue weighted by atomic mass is 10.0. The molecule has 0 spiro atoms. The maximum absolute atomic E-state index is 13.1. The van der Waals surface area contributed by atoms with E-state index in [0.29, 0.717) is 20.5 Å². The molecule has 0 aliphatic heterocycles. The fraction of sp³-hybridized carbons (Fsp3) is 0.238. The van der Waals surface area contributed by atoms with Crippen LogP contribution in [0.3, 0.4) is 0 Å². The van der Waals surface area contributed by atoms with Crippen LogP contribution in [0.2, 0.25) is 0 Å². The number of carbonyl (C=O) groups is 1. The second-order valence-electron chi connectivity index (χ2n) is 7.02. The molecule has 3 heterocycles. The van der Waals surface area contributed by atoms with Crippen molar-refractivity contribution in [3.05, 3.63) is 56.1 Å². The lowest BCUT2D eigenvalue weighted by Gasteiger charge is -2.08. The van der Waals surface area contributed by atoms with E-state index in [0.717, 1.165) is 16.8 Å². The van der Waals surface area contributed by atoms with E-state index in [2.05, 4.69) is 41.3 Å². The molecule has 1 amide bonds. The number of benzene rings is 1. The van der Waals surface area contributed by atoms with Gasteiger partial charge in [0, 0.05) is 23.4 Å². The van der Waals surface area contributed by atoms with Crippen LogP contribution in [0.15, 0.2) is 38.9 Å². The number of nitrogens with one attached hydrogen (secondary N) is 1. The largest absolute Gasteiger partial charge is 0.301 e. The molecule has 9 heteroatoms. The first kappa shape index (κ1) is 20.8. The van der Waals surface area contributed by atoms with E-state index in [9.17, 15) is 9.59 Å². The summed E-state index contributed by atoms with van der Waals surface area (Å²) in [5.74, 6) is -0.0227. The summed E-state index contributed by atoms with van der Waals surface area (Å²) in [5, 5.41) is 8.36. The van der Waals surface area contributed by atoms with Gasteiger partial charge in [0.15, 0.2) is 10.3 Å². The molecule has 1 N–H and O–H groups in total. The molecule has 1 aromatic carbocycles. The van der Waals surface area contributed by atoms with Gasteiger partial charge in [0.1, 0.15) is 4.83 Å². The lowest BCUT2D eigenvalue weighted by Crippen LogP contribution is -2.21. The summed E-state index contributed by atoms with van der Waals surface area (Å²) in [6.45, 7) is 6.01. The molecule has 6 nitrogen and oxygen atoms in total. The molecule has 0 bridgehead atoms. The number of thiazole rings is 1. The number of rotatable bonds is 5. The Morgan fingerprint density at radius 2 is 1.93 bits per heavy atom. The number of hydrogen-bond donors (Lipinski definition) is 1. The fourth-order valence-electron chi connectivity index (χ4n) is 3.00. The first-order valence-electron chi connectivity index (χ1n) is 9.24. The molecular weight excluding hydrogens is 436 g/mol. The highest BCUT2D eigenvalue weighted by Gasteiger charge is 2.17. The van der Waals surface area contributed by atoms with Gasteiger partial charge in [-0.1, -0.05) is 30.0 Å². The predicted molar refractivity (Wildman–Crippen MR) is 126 cm³/mol. The summed E-state index contributed by atoms with van der Waals surface area (Å²) in [4.78, 5) is 34.9. The van der Waals surface area contributed by atoms with Crippen molar-refractivity contribution in [2.45, 2.75) is 25.9 Å². The quantitative estimate of drug-likeness (QED) is 0.346. The summed E-state index contributed by atoms with van der Waals surface area (Å²) in [6, 6.07) is 6.21. The number of aryl methyl sites for hydroxylation is 3. The van der Waals surface area contributed by atoms with Crippen LogP contribution in [0.25, 0.3) is 21.3 Å². The van der Waals surface area contributed by atoms with Crippen LogP contribution in [0.5, 0.6) is 0 Å². The molecule has 0 atom stereocenters. The molecule has 0 aliphatic carbocycles. The van der Waals surface area contributed by atoms with Gasteiger partial charge in [0.05, 0.1) is 16.8 Å². The maximum Gasteiger partial charge on any atom is 0.263 e. The van der Waals surface area contributed by atoms with Gasteiger partial charge in [-0.25, -0.2) is 9.97 Å². The maximum atomic E-state index is 13.1. The van der Waals surface area contributed by atoms with E-state index in [1.807, 2.05) is 23.8 Å². The smallest absolute Gasteiger partial charge is 0.263 e. The number of aromatic nitrogens is 3. The Kier molecular flexibility index (Phi) is 5.77. The average molecular weight is 457 g/mol. The summed E-state index contributed by atoms with van der Waals surface area (Å²) in [5.41, 5.74) is 5.09. The highest BCUT2D eigenvalue weighted by molar-refractivity contribution is 7.99. The lowest BCUT2D eigenvalue weighted by molar-refractivity contribution is -0.113. The third kappa shape index (κ3) is 4.05. The zero-order valence-electron chi connectivity index (χ0n) is 17.0. The minimum atomic E-state index is -0.175. The highest BCUT2D eigenvalue weighted by atomic mass is 32.2. The van der Waals surface area contributed by atoms with Gasteiger partial charge in [-0.05, 0) is 37.5 Å². The van der Waals surface area contributed by atoms with Crippen molar-refractivity contribution < 1.29 is 4.79 Å². The summed E-state index contributed by atoms with van der Waals surface area (Å²) < 4.78 is 1.52. The van der Waals surface area contributed by atoms with Crippen molar-refractivity contribution >= 4 is 55.7 Å². The number of amides is 1. The zero-order valence-corrected chi connectivity index (χ0v) is 19.4. The second-order valence-corrected chi connectivity index (χ2v) is 9.68. The van der Waals surface area contributed by atoms with Gasteiger partial charge < -0.3 is 5.32 Å². The van der Waals surface area contributed by atoms with E-state index < -0.39 is 0 Å². The number of nitrogens with zero attached hydrogens (tertiary/aromatic N) is 3. The van der Waals surface area contributed by atoms with E-state index in [1.165, 1.54) is 50.1 Å². The Labute approximate surface area is 186 Å². The van der Waals surface area contributed by atoms with E-state index in [1.54, 1.807) is 7.05 Å². The first-order valence-corrected chi connectivity index (χ1v) is 12.0. The van der Waals surface area contributed by atoms with Crippen molar-refractivity contribution in [1.82, 2.24) is 14.5 Å². The first-order chi connectivity index (χ1) is 14.3. The van der Waals surface area contributed by atoms with E-state index in [4.69, 9.17) is 0 Å². The van der Waals surface area contributed by atoms with Gasteiger partial charge in [0.2, 0.25) is 5.91 Å². The minimum absolute atomic E-state index is 0.104. The predicted octanol–water partition coefficient (Wildman–Crippen LogP) is 4.77. The Morgan fingerprint density at radius 1 is 1.13 bits per heavy atom. The van der Waals surface area contributed by atoms with Crippen LogP contribution in [0.1, 0.15) is 16.8 Å². The fourth-order valence-corrected chi connectivity index (χ4v) is 5.47. The minimum Gasteiger partial charge on any atom is -0.301 e. The van der Waals surface area contributed by atoms with Gasteiger partial charge in [0.25, 0.3) is 5.56 Å². The normalized spacial score (nSPS) is 11.2. The molecule has 0 radical (unpaired) electrons. The molecule has 0 unspecified atom stereocenters. The Balaban J connectivity index is 1.60. The standard InChI is InChI=1S/C21H20N4O2S3/c1-11-5-6-14(7-12(11)2)15-9-28-18-17(15)19(27)25(4)21(24-18)30-10-16(26)23-20-22-13(3)8-29-20/h5-9H,10H2,1-4H3,(H,22,23,26). The van der Waals surface area contributed by atoms with Gasteiger partial charge in [-0.2, -0.15) is 0 Å². The molecule has 30 heavy (non-hydrogen) atoms. The van der Waals surface area contributed by atoms with E-state index in [-0.39, 0.29) is 17.2 Å². The van der Waals surface area contributed by atoms with Crippen molar-refractivity contribution in [3.63, 3.8) is 0 Å². The molecule has 0 saturated heterocycles. The number of anilines is 1. The van der Waals surface area contributed by atoms with Crippen LogP contribution in [0.4, 0.5) is 5.13 Å². The molecule has 0 aliphatic rings. The Morgan fingerprint density at radius 3 is 2.63 bits per heavy atom. The van der Waals surface area contributed by atoms with Crippen LogP contribution >= 0.6 is 34.4 Å². The summed E-state index contributed by atoms with van der Waals surface area (Å²) in [7, 11) is 1.70. The molecule has 3 aromatic heterocycles. The molecule has 4 aromatic rings. The van der Waals surface area contributed by atoms with Crippen molar-refractivity contribution in [1.29, 1.82) is 0 Å². The Bertz CT molecular complexity index is 1320. The zero-order chi connectivity index (χ0) is 21.4. The Hall–Kier alpha value is -2.49. The molecule has 154 valence electrons. The molecular formula is C21H20N4O2S3.